The second kappa shape index (κ2) is 8.26. The van der Waals surface area contributed by atoms with Gasteiger partial charge in [0, 0.05) is 26.3 Å². The topological polar surface area (TPSA) is 67.9 Å². The van der Waals surface area contributed by atoms with Crippen molar-refractivity contribution >= 4 is 11.8 Å². The molecule has 1 N–H and O–H groups in total. The molecule has 0 bridgehead atoms. The van der Waals surface area contributed by atoms with Gasteiger partial charge in [0.25, 0.3) is 5.91 Å². The summed E-state index contributed by atoms with van der Waals surface area (Å²) >= 11 is 0. The number of hydrogen-bond acceptors (Lipinski definition) is 4. The van der Waals surface area contributed by atoms with Crippen LogP contribution >= 0.6 is 0 Å². The maximum absolute atomic E-state index is 12.6. The number of nitrogens with one attached hydrogen (secondary N) is 1. The average molecular weight is 334 g/mol. The maximum atomic E-state index is 12.6. The van der Waals surface area contributed by atoms with Crippen molar-refractivity contribution in [2.45, 2.75) is 32.4 Å². The van der Waals surface area contributed by atoms with Crippen molar-refractivity contribution < 1.29 is 19.1 Å². The second-order valence-corrected chi connectivity index (χ2v) is 6.40. The van der Waals surface area contributed by atoms with Crippen LogP contribution in [0.3, 0.4) is 0 Å². The van der Waals surface area contributed by atoms with Gasteiger partial charge in [-0.1, -0.05) is 17.7 Å². The molecule has 0 radical (unpaired) electrons. The van der Waals surface area contributed by atoms with E-state index in [1.54, 1.807) is 14.1 Å². The Balaban J connectivity index is 2.01. The van der Waals surface area contributed by atoms with E-state index in [0.717, 1.165) is 11.1 Å². The first-order chi connectivity index (χ1) is 11.4. The quantitative estimate of drug-likeness (QED) is 0.881. The zero-order valence-corrected chi connectivity index (χ0v) is 14.8. The predicted octanol–water partition coefficient (Wildman–Crippen LogP) is 1.30. The summed E-state index contributed by atoms with van der Waals surface area (Å²) in [6.07, 6.45) is 0.426. The molecule has 1 aromatic carbocycles. The van der Waals surface area contributed by atoms with Gasteiger partial charge < -0.3 is 19.7 Å². The fourth-order valence-electron chi connectivity index (χ4n) is 2.59. The SMILES string of the molecule is Cc1ccc(C)c(C(=O)N[C@@H]2COCC[C@@H]2OCC(=O)N(C)C)c1. The zero-order chi connectivity index (χ0) is 17.7. The Morgan fingerprint density at radius 2 is 2.08 bits per heavy atom. The smallest absolute Gasteiger partial charge is 0.251 e. The summed E-state index contributed by atoms with van der Waals surface area (Å²) in [5.41, 5.74) is 2.62. The lowest BCUT2D eigenvalue weighted by Crippen LogP contribution is -2.51. The number of ether oxygens (including phenoxy) is 2. The van der Waals surface area contributed by atoms with Gasteiger partial charge in [-0.15, -0.1) is 0 Å². The fraction of sp³-hybridized carbons (Fsp3) is 0.556. The highest BCUT2D eigenvalue weighted by Gasteiger charge is 2.29. The summed E-state index contributed by atoms with van der Waals surface area (Å²) in [4.78, 5) is 25.8. The first-order valence-electron chi connectivity index (χ1n) is 8.16. The van der Waals surface area contributed by atoms with Crippen molar-refractivity contribution in [1.82, 2.24) is 10.2 Å². The third-order valence-corrected chi connectivity index (χ3v) is 4.17. The van der Waals surface area contributed by atoms with Crippen molar-refractivity contribution in [2.75, 3.05) is 33.9 Å². The molecule has 0 spiro atoms. The first-order valence-corrected chi connectivity index (χ1v) is 8.16. The van der Waals surface area contributed by atoms with Gasteiger partial charge in [0.15, 0.2) is 0 Å². The zero-order valence-electron chi connectivity index (χ0n) is 14.8. The lowest BCUT2D eigenvalue weighted by atomic mass is 10.0. The van der Waals surface area contributed by atoms with Gasteiger partial charge in [0.05, 0.1) is 18.8 Å². The molecule has 1 aromatic rings. The molecule has 1 heterocycles. The standard InChI is InChI=1S/C18H26N2O4/c1-12-5-6-13(2)14(9-12)18(22)19-15-10-23-8-7-16(15)24-11-17(21)20(3)4/h5-6,9,15-16H,7-8,10-11H2,1-4H3,(H,19,22)/t15-,16+/m1/s1. The van der Waals surface area contributed by atoms with Gasteiger partial charge >= 0.3 is 0 Å². The van der Waals surface area contributed by atoms with Crippen LogP contribution in [0, 0.1) is 13.8 Å². The summed E-state index contributed by atoms with van der Waals surface area (Å²) in [6.45, 7) is 4.83. The van der Waals surface area contributed by atoms with Crippen LogP contribution in [0.4, 0.5) is 0 Å². The summed E-state index contributed by atoms with van der Waals surface area (Å²) in [6, 6.07) is 5.53. The summed E-state index contributed by atoms with van der Waals surface area (Å²) in [7, 11) is 3.38. The number of benzene rings is 1. The molecule has 6 heteroatoms. The lowest BCUT2D eigenvalue weighted by Gasteiger charge is -2.32. The molecule has 0 unspecified atom stereocenters. The summed E-state index contributed by atoms with van der Waals surface area (Å²) < 4.78 is 11.2. The third kappa shape index (κ3) is 4.79. The van der Waals surface area contributed by atoms with E-state index in [-0.39, 0.29) is 30.6 Å². The van der Waals surface area contributed by atoms with E-state index in [2.05, 4.69) is 5.32 Å². The van der Waals surface area contributed by atoms with Crippen LogP contribution < -0.4 is 5.32 Å². The minimum Gasteiger partial charge on any atom is -0.379 e. The Hall–Kier alpha value is -1.92. The van der Waals surface area contributed by atoms with Crippen LogP contribution in [0.15, 0.2) is 18.2 Å². The highest BCUT2D eigenvalue weighted by atomic mass is 16.5. The van der Waals surface area contributed by atoms with Crippen LogP contribution in [-0.4, -0.2) is 62.8 Å². The number of nitrogens with zero attached hydrogens (tertiary/aromatic N) is 1. The van der Waals surface area contributed by atoms with E-state index in [9.17, 15) is 9.59 Å². The molecule has 2 atom stereocenters. The summed E-state index contributed by atoms with van der Waals surface area (Å²) in [5.74, 6) is -0.236. The van der Waals surface area contributed by atoms with Crippen LogP contribution in [-0.2, 0) is 14.3 Å². The molecule has 1 aliphatic heterocycles. The average Bonchev–Trinajstić information content (AvgIpc) is 2.55. The largest absolute Gasteiger partial charge is 0.379 e. The second-order valence-electron chi connectivity index (χ2n) is 6.40. The monoisotopic (exact) mass is 334 g/mol. The minimum atomic E-state index is -0.263. The normalized spacial score (nSPS) is 20.5. The number of amides is 2. The van der Waals surface area contributed by atoms with Gasteiger partial charge in [-0.05, 0) is 31.9 Å². The number of likely N-dealkylation sites (N-methyl/N-ethyl adjacent to an activating group) is 1. The molecule has 1 fully saturated rings. The van der Waals surface area contributed by atoms with Gasteiger partial charge in [-0.3, -0.25) is 9.59 Å². The molecule has 0 aromatic heterocycles. The molecule has 0 saturated carbocycles. The predicted molar refractivity (Wildman–Crippen MR) is 91.0 cm³/mol. The van der Waals surface area contributed by atoms with Crippen LogP contribution in [0.2, 0.25) is 0 Å². The number of hydrogen-bond donors (Lipinski definition) is 1. The fourth-order valence-corrected chi connectivity index (χ4v) is 2.59. The molecule has 2 rings (SSSR count). The minimum absolute atomic E-state index is 0.00745. The van der Waals surface area contributed by atoms with Crippen molar-refractivity contribution in [3.05, 3.63) is 34.9 Å². The maximum Gasteiger partial charge on any atom is 0.251 e. The Labute approximate surface area is 143 Å². The van der Waals surface area contributed by atoms with E-state index < -0.39 is 0 Å². The lowest BCUT2D eigenvalue weighted by molar-refractivity contribution is -0.138. The van der Waals surface area contributed by atoms with E-state index in [4.69, 9.17) is 9.47 Å². The highest BCUT2D eigenvalue weighted by molar-refractivity contribution is 5.96. The molecule has 24 heavy (non-hydrogen) atoms. The summed E-state index contributed by atoms with van der Waals surface area (Å²) in [5, 5.41) is 2.99. The molecule has 1 aliphatic rings. The first kappa shape index (κ1) is 18.4. The Morgan fingerprint density at radius 1 is 1.33 bits per heavy atom. The van der Waals surface area contributed by atoms with Gasteiger partial charge in [0.2, 0.25) is 5.91 Å². The van der Waals surface area contributed by atoms with Crippen LogP contribution in [0.25, 0.3) is 0 Å². The number of carbonyl (C=O) groups excluding carboxylic acids is 2. The molecule has 132 valence electrons. The third-order valence-electron chi connectivity index (χ3n) is 4.17. The molecule has 1 saturated heterocycles. The molecule has 6 nitrogen and oxygen atoms in total. The van der Waals surface area contributed by atoms with Gasteiger partial charge in [-0.2, -0.15) is 0 Å². The Kier molecular flexibility index (Phi) is 6.34. The highest BCUT2D eigenvalue weighted by Crippen LogP contribution is 2.15. The van der Waals surface area contributed by atoms with Crippen molar-refractivity contribution in [3.8, 4) is 0 Å². The number of carbonyl (C=O) groups is 2. The van der Waals surface area contributed by atoms with E-state index >= 15 is 0 Å². The van der Waals surface area contributed by atoms with E-state index in [1.165, 1.54) is 4.90 Å². The van der Waals surface area contributed by atoms with Gasteiger partial charge in [-0.25, -0.2) is 0 Å². The molecular weight excluding hydrogens is 308 g/mol. The Bertz CT molecular complexity index is 601. The van der Waals surface area contributed by atoms with E-state index in [0.29, 0.717) is 25.2 Å². The van der Waals surface area contributed by atoms with Crippen molar-refractivity contribution in [1.29, 1.82) is 0 Å². The Morgan fingerprint density at radius 3 is 2.79 bits per heavy atom. The molecule has 0 aliphatic carbocycles. The van der Waals surface area contributed by atoms with Crippen LogP contribution in [0.1, 0.15) is 27.9 Å². The van der Waals surface area contributed by atoms with Gasteiger partial charge in [0.1, 0.15) is 6.61 Å². The van der Waals surface area contributed by atoms with Crippen molar-refractivity contribution in [3.63, 3.8) is 0 Å². The van der Waals surface area contributed by atoms with Crippen molar-refractivity contribution in [2.24, 2.45) is 0 Å². The molecule has 2 amide bonds. The number of aryl methyl sites for hydroxylation is 2. The number of rotatable bonds is 5. The van der Waals surface area contributed by atoms with Crippen LogP contribution in [0.5, 0.6) is 0 Å². The molecular formula is C18H26N2O4. The van der Waals surface area contributed by atoms with E-state index in [1.807, 2.05) is 32.0 Å².